The zero-order chi connectivity index (χ0) is 16.1. The number of nitriles is 1. The highest BCUT2D eigenvalue weighted by atomic mass is 14.4. The summed E-state index contributed by atoms with van der Waals surface area (Å²) in [7, 11) is 0. The lowest BCUT2D eigenvalue weighted by Gasteiger charge is -2.38. The second-order valence-electron chi connectivity index (χ2n) is 7.88. The Morgan fingerprint density at radius 1 is 0.913 bits per heavy atom. The first-order valence-corrected chi connectivity index (χ1v) is 9.80. The predicted octanol–water partition coefficient (Wildman–Crippen LogP) is 6.44. The smallest absolute Gasteiger partial charge is 0.0994 e. The summed E-state index contributed by atoms with van der Waals surface area (Å²) in [5, 5.41) is 9.32. The molecule has 2 aliphatic rings. The topological polar surface area (TPSA) is 23.8 Å². The standard InChI is InChI=1S/C22H31N/c1-2-5-17-8-10-18(11-9-17)19-12-14-20(15-13-19)22-7-4-3-6-21(22)16-23/h3-4,6-7,17-20H,2,5,8-15H2,1H3/t17-,18-,19?,20?. The van der Waals surface area contributed by atoms with Crippen LogP contribution in [0.1, 0.15) is 88.2 Å². The Labute approximate surface area is 142 Å². The Morgan fingerprint density at radius 3 is 2.13 bits per heavy atom. The molecular formula is C22H31N. The summed E-state index contributed by atoms with van der Waals surface area (Å²) in [6, 6.07) is 10.6. The molecule has 0 aliphatic heterocycles. The summed E-state index contributed by atoms with van der Waals surface area (Å²) in [6.45, 7) is 2.33. The number of hydrogen-bond donors (Lipinski definition) is 0. The maximum atomic E-state index is 9.32. The molecule has 0 atom stereocenters. The lowest BCUT2D eigenvalue weighted by atomic mass is 9.67. The van der Waals surface area contributed by atoms with Gasteiger partial charge in [-0.1, -0.05) is 50.8 Å². The number of hydrogen-bond acceptors (Lipinski definition) is 1. The normalized spacial score (nSPS) is 31.5. The van der Waals surface area contributed by atoms with Gasteiger partial charge in [0.1, 0.15) is 0 Å². The van der Waals surface area contributed by atoms with Gasteiger partial charge < -0.3 is 0 Å². The van der Waals surface area contributed by atoms with E-state index in [1.807, 2.05) is 12.1 Å². The van der Waals surface area contributed by atoms with Crippen LogP contribution in [0.5, 0.6) is 0 Å². The fourth-order valence-electron chi connectivity index (χ4n) is 5.21. The Hall–Kier alpha value is -1.29. The summed E-state index contributed by atoms with van der Waals surface area (Å²) < 4.78 is 0. The Balaban J connectivity index is 1.52. The first-order valence-electron chi connectivity index (χ1n) is 9.80. The van der Waals surface area contributed by atoms with Gasteiger partial charge in [0.25, 0.3) is 0 Å². The van der Waals surface area contributed by atoms with Crippen molar-refractivity contribution in [1.29, 1.82) is 5.26 Å². The van der Waals surface area contributed by atoms with E-state index in [1.165, 1.54) is 69.8 Å². The molecule has 1 heteroatoms. The predicted molar refractivity (Wildman–Crippen MR) is 96.2 cm³/mol. The van der Waals surface area contributed by atoms with Gasteiger partial charge in [0.15, 0.2) is 0 Å². The molecule has 2 aliphatic carbocycles. The fourth-order valence-corrected chi connectivity index (χ4v) is 5.21. The third kappa shape index (κ3) is 3.97. The van der Waals surface area contributed by atoms with Crippen molar-refractivity contribution in [3.63, 3.8) is 0 Å². The van der Waals surface area contributed by atoms with Gasteiger partial charge in [0.2, 0.25) is 0 Å². The van der Waals surface area contributed by atoms with Gasteiger partial charge >= 0.3 is 0 Å². The van der Waals surface area contributed by atoms with Crippen LogP contribution in [0.3, 0.4) is 0 Å². The van der Waals surface area contributed by atoms with Crippen LogP contribution in [0.15, 0.2) is 24.3 Å². The molecule has 2 fully saturated rings. The highest BCUT2D eigenvalue weighted by Gasteiger charge is 2.31. The zero-order valence-electron chi connectivity index (χ0n) is 14.6. The minimum atomic E-state index is 0.624. The van der Waals surface area contributed by atoms with E-state index in [-0.39, 0.29) is 0 Å². The summed E-state index contributed by atoms with van der Waals surface area (Å²) >= 11 is 0. The van der Waals surface area contributed by atoms with Crippen molar-refractivity contribution in [1.82, 2.24) is 0 Å². The molecule has 0 amide bonds. The molecule has 0 radical (unpaired) electrons. The minimum absolute atomic E-state index is 0.624. The Kier molecular flexibility index (Phi) is 5.76. The van der Waals surface area contributed by atoms with Crippen molar-refractivity contribution in [3.8, 4) is 6.07 Å². The molecule has 0 aromatic heterocycles. The third-order valence-electron chi connectivity index (χ3n) is 6.55. The van der Waals surface area contributed by atoms with E-state index in [2.05, 4.69) is 25.1 Å². The number of nitrogens with zero attached hydrogens (tertiary/aromatic N) is 1. The molecule has 1 aromatic rings. The van der Waals surface area contributed by atoms with E-state index < -0.39 is 0 Å². The molecule has 124 valence electrons. The third-order valence-corrected chi connectivity index (χ3v) is 6.55. The van der Waals surface area contributed by atoms with Crippen molar-refractivity contribution in [3.05, 3.63) is 35.4 Å². The second kappa shape index (κ2) is 8.00. The monoisotopic (exact) mass is 309 g/mol. The molecule has 2 saturated carbocycles. The summed E-state index contributed by atoms with van der Waals surface area (Å²) in [6.07, 6.45) is 14.1. The average molecular weight is 309 g/mol. The average Bonchev–Trinajstić information content (AvgIpc) is 2.63. The summed E-state index contributed by atoms with van der Waals surface area (Å²) in [5.41, 5.74) is 2.20. The highest BCUT2D eigenvalue weighted by Crippen LogP contribution is 2.44. The fraction of sp³-hybridized carbons (Fsp3) is 0.682. The number of rotatable bonds is 4. The van der Waals surface area contributed by atoms with Crippen LogP contribution in [0.25, 0.3) is 0 Å². The van der Waals surface area contributed by atoms with Gasteiger partial charge in [-0.15, -0.1) is 0 Å². The van der Waals surface area contributed by atoms with Crippen LogP contribution in [0.4, 0.5) is 0 Å². The van der Waals surface area contributed by atoms with Gasteiger partial charge in [-0.2, -0.15) is 5.26 Å². The molecule has 1 aromatic carbocycles. The van der Waals surface area contributed by atoms with Crippen LogP contribution in [-0.2, 0) is 0 Å². The molecule has 3 rings (SSSR count). The van der Waals surface area contributed by atoms with E-state index in [4.69, 9.17) is 0 Å². The van der Waals surface area contributed by atoms with Crippen LogP contribution in [-0.4, -0.2) is 0 Å². The van der Waals surface area contributed by atoms with E-state index in [1.54, 1.807) is 0 Å². The van der Waals surface area contributed by atoms with E-state index in [9.17, 15) is 5.26 Å². The summed E-state index contributed by atoms with van der Waals surface area (Å²) in [4.78, 5) is 0. The van der Waals surface area contributed by atoms with E-state index >= 15 is 0 Å². The zero-order valence-corrected chi connectivity index (χ0v) is 14.6. The molecule has 1 nitrogen and oxygen atoms in total. The second-order valence-corrected chi connectivity index (χ2v) is 7.88. The van der Waals surface area contributed by atoms with Crippen molar-refractivity contribution >= 4 is 0 Å². The minimum Gasteiger partial charge on any atom is -0.192 e. The Bertz CT molecular complexity index is 525. The number of benzene rings is 1. The van der Waals surface area contributed by atoms with Gasteiger partial charge in [0, 0.05) is 0 Å². The molecule has 0 unspecified atom stereocenters. The Morgan fingerprint density at radius 2 is 1.52 bits per heavy atom. The molecule has 0 bridgehead atoms. The first-order chi connectivity index (χ1) is 11.3. The maximum Gasteiger partial charge on any atom is 0.0994 e. The van der Waals surface area contributed by atoms with E-state index in [0.717, 1.165) is 23.3 Å². The SMILES string of the molecule is CCC[C@H]1CC[C@H](C2CCC(c3ccccc3C#N)CC2)CC1. The van der Waals surface area contributed by atoms with Crippen LogP contribution in [0.2, 0.25) is 0 Å². The van der Waals surface area contributed by atoms with Crippen LogP contribution in [0, 0.1) is 29.1 Å². The van der Waals surface area contributed by atoms with Gasteiger partial charge in [-0.25, -0.2) is 0 Å². The van der Waals surface area contributed by atoms with Crippen LogP contribution < -0.4 is 0 Å². The molecule has 0 N–H and O–H groups in total. The van der Waals surface area contributed by atoms with Gasteiger partial charge in [-0.3, -0.25) is 0 Å². The lowest BCUT2D eigenvalue weighted by molar-refractivity contribution is 0.156. The molecule has 23 heavy (non-hydrogen) atoms. The molecule has 0 saturated heterocycles. The van der Waals surface area contributed by atoms with E-state index in [0.29, 0.717) is 5.92 Å². The van der Waals surface area contributed by atoms with Crippen molar-refractivity contribution in [2.24, 2.45) is 17.8 Å². The maximum absolute atomic E-state index is 9.32. The largest absolute Gasteiger partial charge is 0.192 e. The quantitative estimate of drug-likeness (QED) is 0.628. The lowest BCUT2D eigenvalue weighted by Crippen LogP contribution is -2.25. The van der Waals surface area contributed by atoms with Gasteiger partial charge in [-0.05, 0) is 73.8 Å². The highest BCUT2D eigenvalue weighted by molar-refractivity contribution is 5.39. The van der Waals surface area contributed by atoms with Crippen molar-refractivity contribution in [2.75, 3.05) is 0 Å². The molecule has 0 spiro atoms. The summed E-state index contributed by atoms with van der Waals surface area (Å²) in [5.74, 6) is 3.60. The van der Waals surface area contributed by atoms with Crippen molar-refractivity contribution in [2.45, 2.75) is 77.0 Å². The molecule has 0 heterocycles. The van der Waals surface area contributed by atoms with Crippen LogP contribution >= 0.6 is 0 Å². The molecular weight excluding hydrogens is 278 g/mol. The first kappa shape index (κ1) is 16.6. The van der Waals surface area contributed by atoms with Crippen molar-refractivity contribution < 1.29 is 0 Å². The van der Waals surface area contributed by atoms with Gasteiger partial charge in [0.05, 0.1) is 11.6 Å².